The van der Waals surface area contributed by atoms with Crippen molar-refractivity contribution in [2.45, 2.75) is 25.8 Å². The number of carbonyl (C=O) groups excluding carboxylic acids is 1. The molecule has 0 aliphatic carbocycles. The van der Waals surface area contributed by atoms with Gasteiger partial charge in [-0.15, -0.1) is 0 Å². The van der Waals surface area contributed by atoms with Crippen LogP contribution in [0.2, 0.25) is 0 Å². The Bertz CT molecular complexity index is 925. The number of amides is 1. The Hall–Kier alpha value is -3.22. The van der Waals surface area contributed by atoms with Gasteiger partial charge in [0.1, 0.15) is 5.82 Å². The molecule has 7 heteroatoms. The van der Waals surface area contributed by atoms with E-state index in [4.69, 9.17) is 4.52 Å². The van der Waals surface area contributed by atoms with Crippen LogP contribution in [0.4, 0.5) is 5.82 Å². The monoisotopic (exact) mass is 363 g/mol. The van der Waals surface area contributed by atoms with Gasteiger partial charge in [-0.05, 0) is 44.0 Å². The predicted octanol–water partition coefficient (Wildman–Crippen LogP) is 3.16. The molecular formula is C20H21N5O2. The zero-order valence-corrected chi connectivity index (χ0v) is 15.1. The predicted molar refractivity (Wildman–Crippen MR) is 101 cm³/mol. The van der Waals surface area contributed by atoms with Crippen molar-refractivity contribution in [1.29, 1.82) is 0 Å². The molecule has 1 saturated heterocycles. The molecule has 7 nitrogen and oxygen atoms in total. The Morgan fingerprint density at radius 3 is 2.89 bits per heavy atom. The van der Waals surface area contributed by atoms with Crippen LogP contribution in [0.5, 0.6) is 0 Å². The number of rotatable bonds is 4. The highest BCUT2D eigenvalue weighted by molar-refractivity contribution is 5.94. The van der Waals surface area contributed by atoms with Crippen molar-refractivity contribution >= 4 is 11.7 Å². The summed E-state index contributed by atoms with van der Waals surface area (Å²) in [5.74, 6) is 1.88. The van der Waals surface area contributed by atoms with Gasteiger partial charge in [-0.2, -0.15) is 4.98 Å². The number of likely N-dealkylation sites (tertiary alicyclic amines) is 1. The van der Waals surface area contributed by atoms with Crippen LogP contribution in [0.3, 0.4) is 0 Å². The molecule has 138 valence electrons. The van der Waals surface area contributed by atoms with Gasteiger partial charge in [-0.3, -0.25) is 4.79 Å². The van der Waals surface area contributed by atoms with Crippen molar-refractivity contribution in [3.05, 3.63) is 60.0 Å². The smallest absolute Gasteiger partial charge is 0.258 e. The van der Waals surface area contributed by atoms with Crippen LogP contribution in [0.1, 0.15) is 29.0 Å². The third-order valence-electron chi connectivity index (χ3n) is 4.62. The van der Waals surface area contributed by atoms with Crippen molar-refractivity contribution < 1.29 is 9.32 Å². The van der Waals surface area contributed by atoms with Gasteiger partial charge in [0.05, 0.1) is 0 Å². The lowest BCUT2D eigenvalue weighted by Gasteiger charge is -2.33. The van der Waals surface area contributed by atoms with E-state index in [1.54, 1.807) is 13.1 Å². The van der Waals surface area contributed by atoms with Gasteiger partial charge in [0.15, 0.2) is 5.82 Å². The first kappa shape index (κ1) is 17.2. The van der Waals surface area contributed by atoms with Crippen LogP contribution in [0.25, 0.3) is 11.5 Å². The average Bonchev–Trinajstić information content (AvgIpc) is 3.15. The number of aromatic nitrogens is 3. The topological polar surface area (TPSA) is 84.2 Å². The summed E-state index contributed by atoms with van der Waals surface area (Å²) in [5.41, 5.74) is 1.55. The SMILES string of the molecule is Cc1noc(-c2ccnc(N[C@H]3CCCN(C(=O)c4ccccc4)C3)c2)n1. The first-order valence-electron chi connectivity index (χ1n) is 9.06. The number of hydrogen-bond donors (Lipinski definition) is 1. The van der Waals surface area contributed by atoms with Crippen LogP contribution < -0.4 is 5.32 Å². The Balaban J connectivity index is 1.44. The second kappa shape index (κ2) is 7.57. The van der Waals surface area contributed by atoms with Crippen LogP contribution >= 0.6 is 0 Å². The molecule has 0 spiro atoms. The minimum Gasteiger partial charge on any atom is -0.366 e. The molecule has 27 heavy (non-hydrogen) atoms. The number of carbonyl (C=O) groups is 1. The molecule has 0 bridgehead atoms. The summed E-state index contributed by atoms with van der Waals surface area (Å²) in [6.07, 6.45) is 3.66. The molecule has 1 N–H and O–H groups in total. The number of hydrogen-bond acceptors (Lipinski definition) is 6. The molecule has 1 amide bonds. The molecular weight excluding hydrogens is 342 g/mol. The third-order valence-corrected chi connectivity index (χ3v) is 4.62. The van der Waals surface area contributed by atoms with Gasteiger partial charge < -0.3 is 14.7 Å². The number of nitrogens with one attached hydrogen (secondary N) is 1. The van der Waals surface area contributed by atoms with Crippen molar-refractivity contribution in [1.82, 2.24) is 20.0 Å². The van der Waals surface area contributed by atoms with Gasteiger partial charge in [-0.1, -0.05) is 23.4 Å². The normalized spacial score (nSPS) is 16.9. The Morgan fingerprint density at radius 1 is 1.26 bits per heavy atom. The summed E-state index contributed by atoms with van der Waals surface area (Å²) in [4.78, 5) is 23.2. The number of piperidine rings is 1. The Kier molecular flexibility index (Phi) is 4.82. The maximum atomic E-state index is 12.7. The summed E-state index contributed by atoms with van der Waals surface area (Å²) >= 11 is 0. The lowest BCUT2D eigenvalue weighted by molar-refractivity contribution is 0.0714. The van der Waals surface area contributed by atoms with Crippen molar-refractivity contribution in [2.24, 2.45) is 0 Å². The third kappa shape index (κ3) is 3.97. The molecule has 0 saturated carbocycles. The zero-order valence-electron chi connectivity index (χ0n) is 15.1. The fourth-order valence-electron chi connectivity index (χ4n) is 3.31. The van der Waals surface area contributed by atoms with Gasteiger partial charge >= 0.3 is 0 Å². The molecule has 0 unspecified atom stereocenters. The highest BCUT2D eigenvalue weighted by Gasteiger charge is 2.24. The van der Waals surface area contributed by atoms with Crippen molar-refractivity contribution in [3.63, 3.8) is 0 Å². The summed E-state index contributed by atoms with van der Waals surface area (Å²) in [5, 5.41) is 7.26. The minimum atomic E-state index is 0.0742. The average molecular weight is 363 g/mol. The fourth-order valence-corrected chi connectivity index (χ4v) is 3.31. The molecule has 1 aliphatic heterocycles. The van der Waals surface area contributed by atoms with E-state index in [1.807, 2.05) is 47.4 Å². The first-order valence-corrected chi connectivity index (χ1v) is 9.06. The number of aryl methyl sites for hydroxylation is 1. The van der Waals surface area contributed by atoms with Gasteiger partial charge in [-0.25, -0.2) is 4.98 Å². The summed E-state index contributed by atoms with van der Waals surface area (Å²) < 4.78 is 5.22. The standard InChI is InChI=1S/C20H21N5O2/c1-14-22-19(27-24-14)16-9-10-21-18(12-16)23-17-8-5-11-25(13-17)20(26)15-6-3-2-4-7-15/h2-4,6-7,9-10,12,17H,5,8,11,13H2,1H3,(H,21,23)/t17-/m0/s1. The second-order valence-corrected chi connectivity index (χ2v) is 6.68. The molecule has 3 heterocycles. The molecule has 1 aliphatic rings. The molecule has 3 aromatic rings. The van der Waals surface area contributed by atoms with E-state index in [0.717, 1.165) is 36.3 Å². The van der Waals surface area contributed by atoms with Crippen molar-refractivity contribution in [2.75, 3.05) is 18.4 Å². The maximum Gasteiger partial charge on any atom is 0.258 e. The van der Waals surface area contributed by atoms with Gasteiger partial charge in [0, 0.05) is 36.5 Å². The number of pyridine rings is 1. The molecule has 2 aromatic heterocycles. The van der Waals surface area contributed by atoms with E-state index in [0.29, 0.717) is 18.3 Å². The number of nitrogens with zero attached hydrogens (tertiary/aromatic N) is 4. The summed E-state index contributed by atoms with van der Waals surface area (Å²) in [6.45, 7) is 3.22. The lowest BCUT2D eigenvalue weighted by atomic mass is 10.0. The fraction of sp³-hybridized carbons (Fsp3) is 0.300. The van der Waals surface area contributed by atoms with Crippen molar-refractivity contribution in [3.8, 4) is 11.5 Å². The first-order chi connectivity index (χ1) is 13.2. The van der Waals surface area contributed by atoms with Gasteiger partial charge in [0.2, 0.25) is 0 Å². The number of benzene rings is 1. The molecule has 1 aromatic carbocycles. The quantitative estimate of drug-likeness (QED) is 0.766. The molecule has 0 radical (unpaired) electrons. The largest absolute Gasteiger partial charge is 0.366 e. The van der Waals surface area contributed by atoms with E-state index in [1.165, 1.54) is 0 Å². The number of anilines is 1. The summed E-state index contributed by atoms with van der Waals surface area (Å²) in [6, 6.07) is 13.3. The molecule has 1 atom stereocenters. The highest BCUT2D eigenvalue weighted by atomic mass is 16.5. The van der Waals surface area contributed by atoms with E-state index in [2.05, 4.69) is 20.4 Å². The van der Waals surface area contributed by atoms with Crippen LogP contribution in [-0.2, 0) is 0 Å². The molecule has 4 rings (SSSR count). The maximum absolute atomic E-state index is 12.7. The Morgan fingerprint density at radius 2 is 2.11 bits per heavy atom. The zero-order chi connectivity index (χ0) is 18.6. The van der Waals surface area contributed by atoms with E-state index < -0.39 is 0 Å². The second-order valence-electron chi connectivity index (χ2n) is 6.68. The molecule has 1 fully saturated rings. The van der Waals surface area contributed by atoms with E-state index in [9.17, 15) is 4.79 Å². The van der Waals surface area contributed by atoms with Crippen LogP contribution in [0.15, 0.2) is 53.2 Å². The van der Waals surface area contributed by atoms with E-state index in [-0.39, 0.29) is 11.9 Å². The minimum absolute atomic E-state index is 0.0742. The highest BCUT2D eigenvalue weighted by Crippen LogP contribution is 2.22. The Labute approximate surface area is 157 Å². The van der Waals surface area contributed by atoms with Gasteiger partial charge in [0.25, 0.3) is 11.8 Å². The van der Waals surface area contributed by atoms with Crippen LogP contribution in [-0.4, -0.2) is 45.1 Å². The van der Waals surface area contributed by atoms with Crippen LogP contribution in [0, 0.1) is 6.92 Å². The van der Waals surface area contributed by atoms with E-state index >= 15 is 0 Å². The lowest BCUT2D eigenvalue weighted by Crippen LogP contribution is -2.45. The summed E-state index contributed by atoms with van der Waals surface area (Å²) in [7, 11) is 0.